The second-order valence-corrected chi connectivity index (χ2v) is 2.43. The predicted molar refractivity (Wildman–Crippen MR) is 44.0 cm³/mol. The number of imide groups is 1. The van der Waals surface area contributed by atoms with Crippen molar-refractivity contribution in [3.8, 4) is 0 Å². The largest absolute Gasteiger partial charge is 0.465 e. The zero-order valence-electron chi connectivity index (χ0n) is 7.33. The highest BCUT2D eigenvalue weighted by Crippen LogP contribution is 2.08. The molecule has 1 fully saturated rings. The van der Waals surface area contributed by atoms with Crippen molar-refractivity contribution in [2.24, 2.45) is 0 Å². The number of carbonyl (C=O) groups excluding carboxylic acids is 1. The van der Waals surface area contributed by atoms with Gasteiger partial charge in [-0.2, -0.15) is 0 Å². The molecule has 0 saturated carbocycles. The van der Waals surface area contributed by atoms with Crippen LogP contribution in [-0.2, 0) is 4.79 Å². The number of rotatable bonds is 0. The van der Waals surface area contributed by atoms with E-state index in [0.29, 0.717) is 19.4 Å². The lowest BCUT2D eigenvalue weighted by atomic mass is 10.4. The Hall–Kier alpha value is -1.10. The minimum Gasteiger partial charge on any atom is -0.465 e. The Labute approximate surface area is 71.4 Å². The number of carbonyl (C=O) groups is 2. The third-order valence-electron chi connectivity index (χ3n) is 1.30. The van der Waals surface area contributed by atoms with E-state index < -0.39 is 6.09 Å². The van der Waals surface area contributed by atoms with Crippen LogP contribution in [0.4, 0.5) is 4.79 Å². The molecule has 0 bridgehead atoms. The van der Waals surface area contributed by atoms with E-state index >= 15 is 0 Å². The van der Waals surface area contributed by atoms with Crippen LogP contribution in [0.3, 0.4) is 0 Å². The van der Waals surface area contributed by atoms with Gasteiger partial charge in [-0.1, -0.05) is 0 Å². The molecule has 2 amide bonds. The van der Waals surface area contributed by atoms with E-state index in [9.17, 15) is 9.59 Å². The third kappa shape index (κ3) is 3.34. The van der Waals surface area contributed by atoms with E-state index in [1.807, 2.05) is 14.1 Å². The highest BCUT2D eigenvalue weighted by atomic mass is 16.4. The smallest absolute Gasteiger partial charge is 0.414 e. The highest BCUT2D eigenvalue weighted by molar-refractivity contribution is 5.92. The van der Waals surface area contributed by atoms with Crippen LogP contribution in [0.5, 0.6) is 0 Å². The van der Waals surface area contributed by atoms with Crippen molar-refractivity contribution in [1.82, 2.24) is 10.2 Å². The van der Waals surface area contributed by atoms with Gasteiger partial charge in [0.05, 0.1) is 0 Å². The maximum atomic E-state index is 10.6. The van der Waals surface area contributed by atoms with Crippen LogP contribution in [0.1, 0.15) is 12.8 Å². The summed E-state index contributed by atoms with van der Waals surface area (Å²) in [5, 5.41) is 11.0. The summed E-state index contributed by atoms with van der Waals surface area (Å²) in [5.74, 6) is -0.275. The number of amides is 2. The molecular formula is C7H14N2O3. The molecule has 0 unspecified atom stereocenters. The standard InChI is InChI=1S/C5H7NO3.C2H7N/c7-4-2-1-3-6(4)5(8)9;1-3-2/h1-3H2,(H,8,9);3H,1-2H3. The molecule has 12 heavy (non-hydrogen) atoms. The van der Waals surface area contributed by atoms with Gasteiger partial charge >= 0.3 is 6.09 Å². The van der Waals surface area contributed by atoms with Crippen molar-refractivity contribution in [2.75, 3.05) is 20.6 Å². The molecule has 0 spiro atoms. The normalized spacial score (nSPS) is 15.5. The fraction of sp³-hybridized carbons (Fsp3) is 0.714. The average Bonchev–Trinajstić information content (AvgIpc) is 2.36. The zero-order valence-corrected chi connectivity index (χ0v) is 7.33. The fourth-order valence-corrected chi connectivity index (χ4v) is 0.850. The van der Waals surface area contributed by atoms with Gasteiger partial charge in [-0.3, -0.25) is 4.79 Å². The summed E-state index contributed by atoms with van der Waals surface area (Å²) in [7, 11) is 3.75. The number of likely N-dealkylation sites (tertiary alicyclic amines) is 1. The Kier molecular flexibility index (Phi) is 5.03. The molecule has 0 aromatic heterocycles. The summed E-state index contributed by atoms with van der Waals surface area (Å²) in [4.78, 5) is 21.5. The number of nitrogens with zero attached hydrogens (tertiary/aromatic N) is 1. The Balaban J connectivity index is 0.000000354. The molecule has 70 valence electrons. The first kappa shape index (κ1) is 10.9. The summed E-state index contributed by atoms with van der Waals surface area (Å²) >= 11 is 0. The van der Waals surface area contributed by atoms with Crippen molar-refractivity contribution in [2.45, 2.75) is 12.8 Å². The highest BCUT2D eigenvalue weighted by Gasteiger charge is 2.25. The summed E-state index contributed by atoms with van der Waals surface area (Å²) in [6.45, 7) is 0.369. The van der Waals surface area contributed by atoms with Crippen LogP contribution in [0.2, 0.25) is 0 Å². The Morgan fingerprint density at radius 2 is 2.08 bits per heavy atom. The van der Waals surface area contributed by atoms with E-state index in [1.165, 1.54) is 0 Å². The van der Waals surface area contributed by atoms with E-state index in [0.717, 1.165) is 4.90 Å². The Bertz CT molecular complexity index is 170. The Morgan fingerprint density at radius 1 is 1.58 bits per heavy atom. The molecule has 0 atom stereocenters. The Morgan fingerprint density at radius 3 is 2.25 bits per heavy atom. The van der Waals surface area contributed by atoms with Crippen molar-refractivity contribution in [1.29, 1.82) is 0 Å². The van der Waals surface area contributed by atoms with Gasteiger partial charge in [-0.05, 0) is 20.5 Å². The molecule has 5 heteroatoms. The fourth-order valence-electron chi connectivity index (χ4n) is 0.850. The van der Waals surface area contributed by atoms with Crippen LogP contribution >= 0.6 is 0 Å². The molecule has 2 N–H and O–H groups in total. The lowest BCUT2D eigenvalue weighted by Gasteiger charge is -2.05. The molecule has 1 aliphatic heterocycles. The van der Waals surface area contributed by atoms with E-state index in [2.05, 4.69) is 5.32 Å². The average molecular weight is 174 g/mol. The lowest BCUT2D eigenvalue weighted by Crippen LogP contribution is -2.29. The molecule has 0 radical (unpaired) electrons. The van der Waals surface area contributed by atoms with Gasteiger partial charge in [0.25, 0.3) is 0 Å². The van der Waals surface area contributed by atoms with Gasteiger partial charge in [0, 0.05) is 13.0 Å². The summed E-state index contributed by atoms with van der Waals surface area (Å²) in [5.41, 5.74) is 0. The van der Waals surface area contributed by atoms with Crippen LogP contribution in [0, 0.1) is 0 Å². The molecule has 0 aromatic carbocycles. The predicted octanol–water partition coefficient (Wildman–Crippen LogP) is 0.122. The number of hydrogen-bond acceptors (Lipinski definition) is 3. The molecular weight excluding hydrogens is 160 g/mol. The third-order valence-corrected chi connectivity index (χ3v) is 1.30. The zero-order chi connectivity index (χ0) is 9.56. The molecule has 0 aromatic rings. The minimum absolute atomic E-state index is 0.275. The first-order valence-electron chi connectivity index (χ1n) is 3.75. The minimum atomic E-state index is -1.13. The number of hydrogen-bond donors (Lipinski definition) is 2. The van der Waals surface area contributed by atoms with E-state index in [4.69, 9.17) is 5.11 Å². The topological polar surface area (TPSA) is 69.6 Å². The molecule has 1 heterocycles. The maximum absolute atomic E-state index is 10.6. The van der Waals surface area contributed by atoms with E-state index in [1.54, 1.807) is 0 Å². The van der Waals surface area contributed by atoms with Gasteiger partial charge < -0.3 is 10.4 Å². The first-order valence-corrected chi connectivity index (χ1v) is 3.75. The van der Waals surface area contributed by atoms with Crippen LogP contribution in [0.15, 0.2) is 0 Å². The van der Waals surface area contributed by atoms with Crippen LogP contribution in [0.25, 0.3) is 0 Å². The van der Waals surface area contributed by atoms with Gasteiger partial charge in [0.15, 0.2) is 0 Å². The van der Waals surface area contributed by atoms with Gasteiger partial charge in [0.1, 0.15) is 0 Å². The van der Waals surface area contributed by atoms with Gasteiger partial charge in [-0.15, -0.1) is 0 Å². The summed E-state index contributed by atoms with van der Waals surface area (Å²) in [6.07, 6.45) is -0.0743. The quantitative estimate of drug-likeness (QED) is 0.547. The first-order chi connectivity index (χ1) is 5.63. The molecule has 1 rings (SSSR count). The van der Waals surface area contributed by atoms with Crippen LogP contribution in [-0.4, -0.2) is 42.6 Å². The summed E-state index contributed by atoms with van der Waals surface area (Å²) in [6, 6.07) is 0. The van der Waals surface area contributed by atoms with Crippen molar-refractivity contribution >= 4 is 12.0 Å². The molecule has 1 saturated heterocycles. The molecule has 5 nitrogen and oxygen atoms in total. The van der Waals surface area contributed by atoms with Crippen molar-refractivity contribution in [3.05, 3.63) is 0 Å². The van der Waals surface area contributed by atoms with Gasteiger partial charge in [-0.25, -0.2) is 9.69 Å². The second kappa shape index (κ2) is 5.54. The molecule has 0 aliphatic carbocycles. The van der Waals surface area contributed by atoms with Crippen molar-refractivity contribution in [3.63, 3.8) is 0 Å². The second-order valence-electron chi connectivity index (χ2n) is 2.43. The monoisotopic (exact) mass is 174 g/mol. The number of carboxylic acid groups (broad SMARTS) is 1. The summed E-state index contributed by atoms with van der Waals surface area (Å²) < 4.78 is 0. The maximum Gasteiger partial charge on any atom is 0.414 e. The van der Waals surface area contributed by atoms with Crippen molar-refractivity contribution < 1.29 is 14.7 Å². The van der Waals surface area contributed by atoms with E-state index in [-0.39, 0.29) is 5.91 Å². The van der Waals surface area contributed by atoms with Crippen LogP contribution < -0.4 is 5.32 Å². The lowest BCUT2D eigenvalue weighted by molar-refractivity contribution is -0.125. The number of nitrogens with one attached hydrogen (secondary N) is 1. The molecule has 1 aliphatic rings. The SMILES string of the molecule is CNC.O=C(O)N1CCCC1=O. The van der Waals surface area contributed by atoms with Gasteiger partial charge in [0.2, 0.25) is 5.91 Å².